The maximum atomic E-state index is 15.0. The average molecular weight is 1350 g/mol. The van der Waals surface area contributed by atoms with Crippen molar-refractivity contribution in [2.45, 2.75) is 184 Å². The summed E-state index contributed by atoms with van der Waals surface area (Å²) >= 11 is 6.14. The summed E-state index contributed by atoms with van der Waals surface area (Å²) in [7, 11) is 0. The number of benzene rings is 3. The molecule has 3 aliphatic heterocycles. The number of hydrogen-bond donors (Lipinski definition) is 13. The van der Waals surface area contributed by atoms with E-state index in [1.807, 2.05) is 18.2 Å². The van der Waals surface area contributed by atoms with E-state index in [4.69, 9.17) is 23.1 Å². The molecule has 0 spiro atoms. The van der Waals surface area contributed by atoms with Gasteiger partial charge in [-0.2, -0.15) is 0 Å². The first kappa shape index (κ1) is 75.3. The topological polar surface area (TPSA) is 475 Å². The molecule has 32 heteroatoms. The zero-order valence-corrected chi connectivity index (χ0v) is 54.6. The van der Waals surface area contributed by atoms with E-state index in [1.54, 1.807) is 62.4 Å². The van der Waals surface area contributed by atoms with Gasteiger partial charge in [0.15, 0.2) is 0 Å². The summed E-state index contributed by atoms with van der Waals surface area (Å²) in [5.74, 6) is -12.1. The quantitative estimate of drug-likeness (QED) is 0.0435. The van der Waals surface area contributed by atoms with Crippen LogP contribution in [0.1, 0.15) is 122 Å². The molecular formula is C64H86ClN17O14. The van der Waals surface area contributed by atoms with E-state index in [9.17, 15) is 72.7 Å². The summed E-state index contributed by atoms with van der Waals surface area (Å²) in [6, 6.07) is 4.61. The molecule has 14 amide bonds. The first-order chi connectivity index (χ1) is 45.8. The van der Waals surface area contributed by atoms with Gasteiger partial charge in [-0.15, -0.1) is 0 Å². The molecule has 3 saturated heterocycles. The van der Waals surface area contributed by atoms with E-state index >= 15 is 0 Å². The second kappa shape index (κ2) is 37.4. The summed E-state index contributed by atoms with van der Waals surface area (Å²) in [5, 5.41) is 34.1. The first-order valence-corrected chi connectivity index (χ1v) is 32.5. The lowest BCUT2D eigenvalue weighted by Gasteiger charge is -2.31. The summed E-state index contributed by atoms with van der Waals surface area (Å²) < 4.78 is 0. The van der Waals surface area contributed by atoms with E-state index in [0.717, 1.165) is 10.8 Å². The third-order valence-electron chi connectivity index (χ3n) is 16.5. The Morgan fingerprint density at radius 1 is 0.635 bits per heavy atom. The van der Waals surface area contributed by atoms with Crippen molar-refractivity contribution in [3.8, 4) is 0 Å². The Morgan fingerprint density at radius 3 is 1.77 bits per heavy atom. The van der Waals surface area contributed by atoms with Gasteiger partial charge in [0.2, 0.25) is 82.7 Å². The van der Waals surface area contributed by atoms with Crippen molar-refractivity contribution >= 4 is 105 Å². The molecule has 31 nitrogen and oxygen atoms in total. The number of azide groups is 1. The fraction of sp³-hybridized carbons (Fsp3) is 0.531. The predicted octanol–water partition coefficient (Wildman–Crippen LogP) is -0.470. The lowest BCUT2D eigenvalue weighted by molar-refractivity contribution is -0.142. The van der Waals surface area contributed by atoms with Gasteiger partial charge in [-0.25, -0.2) is 0 Å². The summed E-state index contributed by atoms with van der Waals surface area (Å²) in [5.41, 5.74) is 21.4. The van der Waals surface area contributed by atoms with Crippen molar-refractivity contribution in [1.82, 2.24) is 63.4 Å². The number of nitrogens with zero attached hydrogens (tertiary/aromatic N) is 4. The van der Waals surface area contributed by atoms with Crippen molar-refractivity contribution in [2.75, 3.05) is 26.2 Å². The van der Waals surface area contributed by atoms with Gasteiger partial charge in [0, 0.05) is 75.1 Å². The Labute approximate surface area is 559 Å². The standard InChI is InChI=1S/C64H86ClN17O14/c1-35(2)29-46-59(91)74-45(64(96)82-28-10-15-51(82)63(95)79-50(34-66)55(67)87)14-7-9-27-70-53(85)25-23-44(58(90)77-48(61(93)75-46)32-38-16-19-39-11-4-5-12-40(39)30-38)73-62(94)49(33-54(86)80-81-68)78-56(88)42-13-6-8-26-69-52(84)24-22-43(71-36(3)83)57(89)76-47(60(92)72-42)31-37-17-20-41(65)21-18-37/h4-5,11-12,16-21,30,35,42-51H,6-10,13-15,22-29,31-34,66H2,1-3H3,(H2,67,87)(H,69,84)(H,70,85)(H,71,83)(H,72,92)(H,73,94)(H,74,91)(H,75,93)(H,76,89)(H,77,90)(H,78,88)(H,79,95)/t42-,43-,44+,45+,46+,47-,48-,49+,50?,51+/m1/s1. The maximum absolute atomic E-state index is 15.0. The highest BCUT2D eigenvalue weighted by atomic mass is 35.5. The molecule has 3 aromatic rings. The largest absolute Gasteiger partial charge is 0.368 e. The van der Waals surface area contributed by atoms with Crippen LogP contribution in [-0.4, -0.2) is 174 Å². The van der Waals surface area contributed by atoms with Crippen molar-refractivity contribution < 1.29 is 67.1 Å². The predicted molar refractivity (Wildman–Crippen MR) is 349 cm³/mol. The van der Waals surface area contributed by atoms with E-state index in [-0.39, 0.29) is 109 Å². The molecule has 518 valence electrons. The first-order valence-electron chi connectivity index (χ1n) is 32.2. The number of carbonyl (C=O) groups is 14. The van der Waals surface area contributed by atoms with E-state index < -0.39 is 162 Å². The van der Waals surface area contributed by atoms with Crippen molar-refractivity contribution in [1.29, 1.82) is 0 Å². The van der Waals surface area contributed by atoms with E-state index in [1.165, 1.54) is 11.8 Å². The number of primary amides is 1. The Morgan fingerprint density at radius 2 is 1.18 bits per heavy atom. The molecule has 3 heterocycles. The lowest BCUT2D eigenvalue weighted by Crippen LogP contribution is -2.61. The molecule has 3 aromatic carbocycles. The van der Waals surface area contributed by atoms with E-state index in [2.05, 4.69) is 68.5 Å². The normalized spacial score (nSPS) is 23.1. The fourth-order valence-electron chi connectivity index (χ4n) is 11.4. The van der Waals surface area contributed by atoms with Crippen LogP contribution in [0.5, 0.6) is 0 Å². The van der Waals surface area contributed by atoms with Gasteiger partial charge in [-0.1, -0.05) is 80.0 Å². The van der Waals surface area contributed by atoms with Crippen molar-refractivity contribution in [3.05, 3.63) is 93.3 Å². The number of fused-ring (bicyclic) bond motifs is 1. The van der Waals surface area contributed by atoms with Crippen LogP contribution in [-0.2, 0) is 80.0 Å². The highest BCUT2D eigenvalue weighted by Gasteiger charge is 2.41. The third-order valence-corrected chi connectivity index (χ3v) is 16.7. The summed E-state index contributed by atoms with van der Waals surface area (Å²) in [6.45, 7) is 4.71. The fourth-order valence-corrected chi connectivity index (χ4v) is 11.5. The second-order valence-electron chi connectivity index (χ2n) is 24.5. The summed E-state index contributed by atoms with van der Waals surface area (Å²) in [6.07, 6.45) is -1.25. The molecule has 3 aliphatic rings. The molecule has 0 aliphatic carbocycles. The lowest BCUT2D eigenvalue weighted by atomic mass is 9.98. The smallest absolute Gasteiger partial charge is 0.245 e. The van der Waals surface area contributed by atoms with Gasteiger partial charge in [0.25, 0.3) is 0 Å². The third kappa shape index (κ3) is 23.6. The SMILES string of the molecule is CC(=O)N[C@@H]1CCC(=O)NCCCC[C@H](C(=O)N[C@@H](CC(=O)N=[N+]=[N-])C(=O)N[C@H]2CCC(=O)NCCCC[C@@H](C(=O)N3CCC[C@H]3C(=O)NC(CN)C(N)=O)NC(=O)[C@H](CC(C)C)NC(=O)[C@@H](Cc3ccc4ccccc4c3)NC2=O)NC(=O)[C@@H](Cc2ccc(Cl)cc2)NC1=O. The Kier molecular flexibility index (Phi) is 29.3. The minimum absolute atomic E-state index is 0.00623. The number of nitrogens with one attached hydrogen (secondary N) is 11. The minimum Gasteiger partial charge on any atom is -0.368 e. The van der Waals surface area contributed by atoms with Crippen LogP contribution in [0.3, 0.4) is 0 Å². The Balaban J connectivity index is 1.32. The van der Waals surface area contributed by atoms with Gasteiger partial charge in [-0.3, -0.25) is 67.1 Å². The number of likely N-dealkylation sites (tertiary alicyclic amines) is 1. The Hall–Kier alpha value is -9.74. The molecule has 3 fully saturated rings. The van der Waals surface area contributed by atoms with Crippen molar-refractivity contribution in [3.63, 3.8) is 0 Å². The summed E-state index contributed by atoms with van der Waals surface area (Å²) in [4.78, 5) is 198. The van der Waals surface area contributed by atoms with Gasteiger partial charge in [-0.05, 0) is 121 Å². The molecule has 96 heavy (non-hydrogen) atoms. The van der Waals surface area contributed by atoms with Crippen LogP contribution < -0.4 is 70.0 Å². The molecule has 6 rings (SSSR count). The number of halogens is 1. The molecule has 0 saturated carbocycles. The number of carbonyl (C=O) groups excluding carboxylic acids is 14. The highest BCUT2D eigenvalue weighted by molar-refractivity contribution is 6.30. The molecule has 0 radical (unpaired) electrons. The van der Waals surface area contributed by atoms with Crippen LogP contribution in [0, 0.1) is 5.92 Å². The van der Waals surface area contributed by atoms with Gasteiger partial charge in [0.05, 0.1) is 0 Å². The highest BCUT2D eigenvalue weighted by Crippen LogP contribution is 2.22. The maximum Gasteiger partial charge on any atom is 0.245 e. The van der Waals surface area contributed by atoms with Crippen molar-refractivity contribution in [2.24, 2.45) is 22.5 Å². The van der Waals surface area contributed by atoms with Gasteiger partial charge >= 0.3 is 0 Å². The molecule has 0 aromatic heterocycles. The number of nitrogens with two attached hydrogens (primary N) is 2. The molecule has 10 atom stereocenters. The van der Waals surface area contributed by atoms with E-state index in [0.29, 0.717) is 22.6 Å². The number of rotatable bonds is 18. The monoisotopic (exact) mass is 1350 g/mol. The molecule has 15 N–H and O–H groups in total. The average Bonchev–Trinajstić information content (AvgIpc) is 1.45. The van der Waals surface area contributed by atoms with Gasteiger partial charge in [0.1, 0.15) is 60.4 Å². The zero-order valence-electron chi connectivity index (χ0n) is 53.9. The number of hydrogen-bond acceptors (Lipinski definition) is 15. The Bertz CT molecular complexity index is 3400. The van der Waals surface area contributed by atoms with Crippen LogP contribution >= 0.6 is 11.6 Å². The molecule has 1 unspecified atom stereocenters. The molecular weight excluding hydrogens is 1270 g/mol. The van der Waals surface area contributed by atoms with Crippen LogP contribution in [0.25, 0.3) is 21.2 Å². The zero-order chi connectivity index (χ0) is 70.0. The van der Waals surface area contributed by atoms with Crippen LogP contribution in [0.4, 0.5) is 0 Å². The van der Waals surface area contributed by atoms with Crippen LogP contribution in [0.15, 0.2) is 71.8 Å². The van der Waals surface area contributed by atoms with Gasteiger partial charge < -0.3 is 74.9 Å². The second-order valence-corrected chi connectivity index (χ2v) is 24.9. The number of amides is 14. The molecule has 0 bridgehead atoms. The minimum atomic E-state index is -1.97. The van der Waals surface area contributed by atoms with Crippen LogP contribution in [0.2, 0.25) is 5.02 Å².